The van der Waals surface area contributed by atoms with E-state index in [0.717, 1.165) is 9.26 Å². The summed E-state index contributed by atoms with van der Waals surface area (Å²) >= 11 is 13.0. The van der Waals surface area contributed by atoms with Gasteiger partial charge < -0.3 is 0 Å². The van der Waals surface area contributed by atoms with Crippen LogP contribution in [-0.4, -0.2) is 20.2 Å². The summed E-state index contributed by atoms with van der Waals surface area (Å²) in [4.78, 5) is 0. The van der Waals surface area contributed by atoms with Crippen molar-refractivity contribution in [2.24, 2.45) is 0 Å². The van der Waals surface area contributed by atoms with Crippen LogP contribution in [0.4, 0.5) is 0 Å². The van der Waals surface area contributed by atoms with Gasteiger partial charge in [-0.15, -0.1) is 0 Å². The third-order valence-corrected chi connectivity index (χ3v) is 2.99. The number of hydrogen-bond acceptors (Lipinski definition) is 3. The second kappa shape index (κ2) is 3.95. The highest BCUT2D eigenvalue weighted by Gasteiger charge is 2.04. The first-order chi connectivity index (χ1) is 6.68. The van der Waals surface area contributed by atoms with Gasteiger partial charge in [0.05, 0.1) is 5.69 Å². The van der Waals surface area contributed by atoms with E-state index >= 15 is 0 Å². The van der Waals surface area contributed by atoms with Crippen LogP contribution < -0.4 is 0 Å². The summed E-state index contributed by atoms with van der Waals surface area (Å²) in [6.07, 6.45) is 0. The Labute approximate surface area is 103 Å². The second-order valence-corrected chi connectivity index (χ2v) is 4.48. The molecule has 0 radical (unpaired) electrons. The minimum Gasteiger partial charge on any atom is -0.208 e. The highest BCUT2D eigenvalue weighted by atomic mass is 127. The Kier molecular flexibility index (Phi) is 2.84. The van der Waals surface area contributed by atoms with Gasteiger partial charge in [-0.3, -0.25) is 0 Å². The molecule has 0 atom stereocenters. The number of rotatable bonds is 1. The fraction of sp³-hybridized carbons (Fsp3) is 0. The predicted octanol–water partition coefficient (Wildman–Crippen LogP) is 2.58. The number of nitrogens with one attached hydrogen (secondary N) is 1. The molecule has 1 aromatic heterocycles. The Hall–Kier alpha value is -0.470. The van der Waals surface area contributed by atoms with Crippen LogP contribution in [0.5, 0.6) is 0 Å². The van der Waals surface area contributed by atoms with Crippen molar-refractivity contribution in [1.82, 2.24) is 20.2 Å². The van der Waals surface area contributed by atoms with E-state index in [4.69, 9.17) is 23.8 Å². The molecule has 2 rings (SSSR count). The monoisotopic (exact) mass is 338 g/mol. The molecule has 0 spiro atoms. The lowest BCUT2D eigenvalue weighted by atomic mass is 10.3. The Morgan fingerprint density at radius 2 is 2.29 bits per heavy atom. The molecule has 1 N–H and O–H groups in total. The zero-order valence-electron chi connectivity index (χ0n) is 6.74. The van der Waals surface area contributed by atoms with E-state index < -0.39 is 0 Å². The fourth-order valence-electron chi connectivity index (χ4n) is 1.02. The highest BCUT2D eigenvalue weighted by Crippen LogP contribution is 2.20. The summed E-state index contributed by atoms with van der Waals surface area (Å²) in [5.41, 5.74) is 0.894. The van der Waals surface area contributed by atoms with Crippen molar-refractivity contribution in [2.45, 2.75) is 0 Å². The van der Waals surface area contributed by atoms with Crippen LogP contribution in [0.2, 0.25) is 5.02 Å². The molecule has 1 aromatic carbocycles. The van der Waals surface area contributed by atoms with E-state index in [1.54, 1.807) is 10.7 Å². The van der Waals surface area contributed by atoms with Crippen LogP contribution >= 0.6 is 46.4 Å². The van der Waals surface area contributed by atoms with Crippen molar-refractivity contribution in [3.05, 3.63) is 31.6 Å². The Bertz CT molecular complexity index is 520. The topological polar surface area (TPSA) is 46.5 Å². The number of halogens is 2. The number of H-pyrrole nitrogens is 1. The molecular weight excluding hydrogens is 335 g/mol. The quantitative estimate of drug-likeness (QED) is 0.642. The Balaban J connectivity index is 2.63. The molecule has 0 saturated carbocycles. The summed E-state index contributed by atoms with van der Waals surface area (Å²) in [6, 6.07) is 5.50. The molecule has 0 saturated heterocycles. The third-order valence-electron chi connectivity index (χ3n) is 1.62. The average molecular weight is 339 g/mol. The van der Waals surface area contributed by atoms with E-state index in [0.29, 0.717) is 9.79 Å². The molecule has 0 unspecified atom stereocenters. The van der Waals surface area contributed by atoms with Gasteiger partial charge in [-0.1, -0.05) is 21.9 Å². The molecule has 2 aromatic rings. The van der Waals surface area contributed by atoms with E-state index in [-0.39, 0.29) is 0 Å². The Morgan fingerprint density at radius 1 is 1.50 bits per heavy atom. The van der Waals surface area contributed by atoms with Crippen LogP contribution in [0.25, 0.3) is 5.69 Å². The van der Waals surface area contributed by atoms with Crippen LogP contribution in [0.15, 0.2) is 18.2 Å². The zero-order chi connectivity index (χ0) is 10.1. The number of aromatic nitrogens is 4. The molecule has 14 heavy (non-hydrogen) atoms. The van der Waals surface area contributed by atoms with Gasteiger partial charge in [0.25, 0.3) is 0 Å². The summed E-state index contributed by atoms with van der Waals surface area (Å²) in [7, 11) is 0. The SMILES string of the molecule is S=c1nn[nH]n1-c1ccc(Cl)cc1I. The Morgan fingerprint density at radius 3 is 2.86 bits per heavy atom. The summed E-state index contributed by atoms with van der Waals surface area (Å²) < 4.78 is 3.00. The van der Waals surface area contributed by atoms with Crippen molar-refractivity contribution in [1.29, 1.82) is 0 Å². The summed E-state index contributed by atoms with van der Waals surface area (Å²) in [5, 5.41) is 10.7. The van der Waals surface area contributed by atoms with Crippen molar-refractivity contribution < 1.29 is 0 Å². The number of tetrazole rings is 1. The van der Waals surface area contributed by atoms with E-state index in [1.807, 2.05) is 12.1 Å². The third kappa shape index (κ3) is 1.82. The zero-order valence-corrected chi connectivity index (χ0v) is 10.5. The molecule has 7 heteroatoms. The van der Waals surface area contributed by atoms with Crippen LogP contribution in [0.3, 0.4) is 0 Å². The van der Waals surface area contributed by atoms with E-state index in [2.05, 4.69) is 38.1 Å². The van der Waals surface area contributed by atoms with Crippen LogP contribution in [0.1, 0.15) is 0 Å². The van der Waals surface area contributed by atoms with Crippen molar-refractivity contribution in [3.63, 3.8) is 0 Å². The molecule has 1 heterocycles. The van der Waals surface area contributed by atoms with Gasteiger partial charge in [-0.25, -0.2) is 4.68 Å². The maximum Gasteiger partial charge on any atom is 0.242 e. The number of nitrogens with zero attached hydrogens (tertiary/aromatic N) is 3. The second-order valence-electron chi connectivity index (χ2n) is 2.51. The van der Waals surface area contributed by atoms with Gasteiger partial charge in [0.2, 0.25) is 4.77 Å². The average Bonchev–Trinajstić information content (AvgIpc) is 2.52. The largest absolute Gasteiger partial charge is 0.242 e. The van der Waals surface area contributed by atoms with Crippen LogP contribution in [0, 0.1) is 8.34 Å². The molecule has 4 nitrogen and oxygen atoms in total. The molecule has 0 fully saturated rings. The van der Waals surface area contributed by atoms with Gasteiger partial charge in [0.15, 0.2) is 0 Å². The first-order valence-corrected chi connectivity index (χ1v) is 5.50. The maximum absolute atomic E-state index is 5.84. The molecule has 0 aliphatic heterocycles. The standard InChI is InChI=1S/C7H4ClIN4S/c8-4-1-2-6(5(9)3-4)13-7(14)10-11-12-13/h1-3H,(H,10,12,14). The summed E-state index contributed by atoms with van der Waals surface area (Å²) in [6.45, 7) is 0. The van der Waals surface area contributed by atoms with Crippen molar-refractivity contribution in [2.75, 3.05) is 0 Å². The number of benzene rings is 1. The molecular formula is C7H4ClIN4S. The molecule has 0 bridgehead atoms. The number of aromatic amines is 1. The fourth-order valence-corrected chi connectivity index (χ4v) is 2.31. The van der Waals surface area contributed by atoms with E-state index in [9.17, 15) is 0 Å². The first-order valence-electron chi connectivity index (χ1n) is 3.64. The normalized spacial score (nSPS) is 10.4. The molecule has 72 valence electrons. The smallest absolute Gasteiger partial charge is 0.208 e. The van der Waals surface area contributed by atoms with E-state index in [1.165, 1.54) is 0 Å². The first kappa shape index (κ1) is 10.1. The molecule has 0 aliphatic rings. The lowest BCUT2D eigenvalue weighted by Gasteiger charge is -2.03. The maximum atomic E-state index is 5.84. The van der Waals surface area contributed by atoms with Gasteiger partial charge >= 0.3 is 0 Å². The lowest BCUT2D eigenvalue weighted by Crippen LogP contribution is -1.99. The van der Waals surface area contributed by atoms with Crippen molar-refractivity contribution >= 4 is 46.4 Å². The predicted molar refractivity (Wildman–Crippen MR) is 64.3 cm³/mol. The molecule has 0 aliphatic carbocycles. The highest BCUT2D eigenvalue weighted by molar-refractivity contribution is 14.1. The summed E-state index contributed by atoms with van der Waals surface area (Å²) in [5.74, 6) is 0. The van der Waals surface area contributed by atoms with Crippen molar-refractivity contribution in [3.8, 4) is 5.69 Å². The molecule has 0 amide bonds. The lowest BCUT2D eigenvalue weighted by molar-refractivity contribution is 0.783. The van der Waals surface area contributed by atoms with Gasteiger partial charge in [0.1, 0.15) is 0 Å². The van der Waals surface area contributed by atoms with Gasteiger partial charge in [-0.05, 0) is 53.0 Å². The number of hydrogen-bond donors (Lipinski definition) is 1. The van der Waals surface area contributed by atoms with Gasteiger partial charge in [-0.2, -0.15) is 5.21 Å². The van der Waals surface area contributed by atoms with Crippen LogP contribution in [-0.2, 0) is 0 Å². The minimum atomic E-state index is 0.394. The van der Waals surface area contributed by atoms with Gasteiger partial charge in [0, 0.05) is 8.59 Å². The minimum absolute atomic E-state index is 0.394.